The molecule has 0 spiro atoms. The minimum absolute atomic E-state index is 0.741. The van der Waals surface area contributed by atoms with E-state index < -0.39 is 0 Å². The molecule has 0 aliphatic heterocycles. The van der Waals surface area contributed by atoms with E-state index in [0.29, 0.717) is 0 Å². The molecule has 4 aromatic carbocycles. The Hall–Kier alpha value is -3.39. The van der Waals surface area contributed by atoms with Gasteiger partial charge in [-0.2, -0.15) is 0 Å². The van der Waals surface area contributed by atoms with Gasteiger partial charge in [0.15, 0.2) is 0 Å². The van der Waals surface area contributed by atoms with Crippen LogP contribution in [0.4, 0.5) is 11.4 Å². The van der Waals surface area contributed by atoms with Gasteiger partial charge in [-0.3, -0.25) is 0 Å². The van der Waals surface area contributed by atoms with Crippen molar-refractivity contribution in [2.75, 3.05) is 5.32 Å². The van der Waals surface area contributed by atoms with Crippen molar-refractivity contribution in [3.63, 3.8) is 0 Å². The van der Waals surface area contributed by atoms with Crippen molar-refractivity contribution in [1.82, 2.24) is 0 Å². The van der Waals surface area contributed by atoms with Gasteiger partial charge in [0.2, 0.25) is 0 Å². The lowest BCUT2D eigenvalue weighted by Gasteiger charge is -2.12. The average Bonchev–Trinajstić information content (AvgIpc) is 2.70. The monoisotopic (exact) mass is 336 g/mol. The minimum atomic E-state index is 0.741. The number of amidine groups is 1. The summed E-state index contributed by atoms with van der Waals surface area (Å²) in [4.78, 5) is 4.86. The van der Waals surface area contributed by atoms with Gasteiger partial charge in [0.05, 0.1) is 5.69 Å². The number of nitrogens with one attached hydrogen (secondary N) is 1. The molecule has 0 aliphatic rings. The van der Waals surface area contributed by atoms with Gasteiger partial charge >= 0.3 is 0 Å². The Balaban J connectivity index is 1.71. The second kappa shape index (κ2) is 7.66. The van der Waals surface area contributed by atoms with Crippen LogP contribution in [0.2, 0.25) is 0 Å². The highest BCUT2D eigenvalue weighted by Crippen LogP contribution is 2.21. The third-order valence-corrected chi connectivity index (χ3v) is 4.32. The SMILES string of the molecule is c1ccc(N=C(Cc2cccc3ccccc23)Nc2ccccc2)cc1. The van der Waals surface area contributed by atoms with Crippen LogP contribution >= 0.6 is 0 Å². The molecule has 0 fully saturated rings. The molecule has 0 saturated carbocycles. The summed E-state index contributed by atoms with van der Waals surface area (Å²) in [7, 11) is 0. The summed E-state index contributed by atoms with van der Waals surface area (Å²) in [5.41, 5.74) is 3.26. The van der Waals surface area contributed by atoms with Crippen molar-refractivity contribution in [3.8, 4) is 0 Å². The first-order valence-electron chi connectivity index (χ1n) is 8.80. The second-order valence-electron chi connectivity index (χ2n) is 6.20. The number of hydrogen-bond donors (Lipinski definition) is 1. The van der Waals surface area contributed by atoms with Crippen LogP contribution in [0, 0.1) is 0 Å². The summed E-state index contributed by atoms with van der Waals surface area (Å²) in [6, 6.07) is 35.2. The zero-order chi connectivity index (χ0) is 17.6. The topological polar surface area (TPSA) is 24.4 Å². The summed E-state index contributed by atoms with van der Waals surface area (Å²) in [5.74, 6) is 0.929. The van der Waals surface area contributed by atoms with Crippen LogP contribution < -0.4 is 5.32 Å². The zero-order valence-corrected chi connectivity index (χ0v) is 14.5. The van der Waals surface area contributed by atoms with Gasteiger partial charge in [-0.05, 0) is 40.6 Å². The summed E-state index contributed by atoms with van der Waals surface area (Å²) in [6.07, 6.45) is 0.741. The lowest BCUT2D eigenvalue weighted by Crippen LogP contribution is -2.15. The average molecular weight is 336 g/mol. The maximum atomic E-state index is 4.86. The molecule has 0 radical (unpaired) electrons. The molecule has 26 heavy (non-hydrogen) atoms. The molecule has 4 aromatic rings. The van der Waals surface area contributed by atoms with Crippen LogP contribution in [-0.2, 0) is 6.42 Å². The molecule has 0 aromatic heterocycles. The van der Waals surface area contributed by atoms with E-state index in [0.717, 1.165) is 23.6 Å². The highest BCUT2D eigenvalue weighted by Gasteiger charge is 2.07. The zero-order valence-electron chi connectivity index (χ0n) is 14.5. The highest BCUT2D eigenvalue weighted by molar-refractivity contribution is 6.00. The van der Waals surface area contributed by atoms with Crippen LogP contribution in [0.3, 0.4) is 0 Å². The van der Waals surface area contributed by atoms with Gasteiger partial charge < -0.3 is 5.32 Å². The quantitative estimate of drug-likeness (QED) is 0.347. The van der Waals surface area contributed by atoms with Gasteiger partial charge in [0.25, 0.3) is 0 Å². The number of rotatable bonds is 4. The normalized spacial score (nSPS) is 11.5. The second-order valence-corrected chi connectivity index (χ2v) is 6.20. The lowest BCUT2D eigenvalue weighted by molar-refractivity contribution is 1.31. The van der Waals surface area contributed by atoms with E-state index in [4.69, 9.17) is 4.99 Å². The Bertz CT molecular complexity index is 1020. The van der Waals surface area contributed by atoms with Crippen molar-refractivity contribution in [2.24, 2.45) is 4.99 Å². The first kappa shape index (κ1) is 16.1. The van der Waals surface area contributed by atoms with Crippen LogP contribution in [0.25, 0.3) is 10.8 Å². The predicted octanol–water partition coefficient (Wildman–Crippen LogP) is 6.22. The number of anilines is 1. The van der Waals surface area contributed by atoms with Gasteiger partial charge in [0, 0.05) is 12.1 Å². The van der Waals surface area contributed by atoms with Crippen molar-refractivity contribution in [1.29, 1.82) is 0 Å². The Morgan fingerprint density at radius 1 is 0.654 bits per heavy atom. The number of benzene rings is 4. The van der Waals surface area contributed by atoms with Crippen molar-refractivity contribution in [3.05, 3.63) is 109 Å². The molecule has 0 unspecified atom stereocenters. The maximum Gasteiger partial charge on any atom is 0.111 e. The first-order valence-corrected chi connectivity index (χ1v) is 8.80. The van der Waals surface area contributed by atoms with Gasteiger partial charge in [-0.1, -0.05) is 78.9 Å². The summed E-state index contributed by atoms with van der Waals surface area (Å²) in [6.45, 7) is 0. The Kier molecular flexibility index (Phi) is 4.74. The summed E-state index contributed by atoms with van der Waals surface area (Å²) >= 11 is 0. The molecule has 2 heteroatoms. The van der Waals surface area contributed by atoms with E-state index in [2.05, 4.69) is 59.9 Å². The van der Waals surface area contributed by atoms with Crippen LogP contribution in [0.5, 0.6) is 0 Å². The number of para-hydroxylation sites is 2. The van der Waals surface area contributed by atoms with Crippen molar-refractivity contribution >= 4 is 28.0 Å². The fraction of sp³-hybridized carbons (Fsp3) is 0.0417. The number of nitrogens with zero attached hydrogens (tertiary/aromatic N) is 1. The largest absolute Gasteiger partial charge is 0.343 e. The fourth-order valence-electron chi connectivity index (χ4n) is 3.09. The van der Waals surface area contributed by atoms with E-state index in [-0.39, 0.29) is 0 Å². The smallest absolute Gasteiger partial charge is 0.111 e. The van der Waals surface area contributed by atoms with Gasteiger partial charge in [-0.25, -0.2) is 4.99 Å². The Morgan fingerprint density at radius 3 is 2.12 bits per heavy atom. The van der Waals surface area contributed by atoms with E-state index in [1.54, 1.807) is 0 Å². The van der Waals surface area contributed by atoms with Crippen LogP contribution in [0.1, 0.15) is 5.56 Å². The standard InChI is InChI=1S/C24H20N2/c1-3-13-21(14-4-1)25-24(26-22-15-5-2-6-16-22)18-20-12-9-11-19-10-7-8-17-23(19)20/h1-17H,18H2,(H,25,26). The highest BCUT2D eigenvalue weighted by atomic mass is 15.0. The lowest BCUT2D eigenvalue weighted by atomic mass is 10.0. The minimum Gasteiger partial charge on any atom is -0.343 e. The van der Waals surface area contributed by atoms with E-state index >= 15 is 0 Å². The van der Waals surface area contributed by atoms with Crippen molar-refractivity contribution in [2.45, 2.75) is 6.42 Å². The van der Waals surface area contributed by atoms with Gasteiger partial charge in [0.1, 0.15) is 5.84 Å². The summed E-state index contributed by atoms with van der Waals surface area (Å²) < 4.78 is 0. The molecule has 0 heterocycles. The van der Waals surface area contributed by atoms with Crippen LogP contribution in [-0.4, -0.2) is 5.84 Å². The number of fused-ring (bicyclic) bond motifs is 1. The number of aliphatic imine (C=N–C) groups is 1. The predicted molar refractivity (Wildman–Crippen MR) is 111 cm³/mol. The number of hydrogen-bond acceptors (Lipinski definition) is 1. The maximum absolute atomic E-state index is 4.86. The molecular formula is C24H20N2. The van der Waals surface area contributed by atoms with E-state index in [9.17, 15) is 0 Å². The third kappa shape index (κ3) is 3.81. The first-order chi connectivity index (χ1) is 12.9. The fourth-order valence-corrected chi connectivity index (χ4v) is 3.09. The molecule has 0 aliphatic carbocycles. The third-order valence-electron chi connectivity index (χ3n) is 4.32. The molecule has 1 N–H and O–H groups in total. The van der Waals surface area contributed by atoms with Gasteiger partial charge in [-0.15, -0.1) is 0 Å². The summed E-state index contributed by atoms with van der Waals surface area (Å²) in [5, 5.41) is 6.01. The van der Waals surface area contributed by atoms with E-state index in [1.165, 1.54) is 16.3 Å². The Labute approximate surface area is 153 Å². The molecule has 4 rings (SSSR count). The molecule has 126 valence electrons. The Morgan fingerprint density at radius 2 is 1.31 bits per heavy atom. The molecule has 0 bridgehead atoms. The van der Waals surface area contributed by atoms with Crippen molar-refractivity contribution < 1.29 is 0 Å². The molecule has 0 saturated heterocycles. The van der Waals surface area contributed by atoms with E-state index in [1.807, 2.05) is 48.5 Å². The molecule has 2 nitrogen and oxygen atoms in total. The molecule has 0 amide bonds. The van der Waals surface area contributed by atoms with Crippen LogP contribution in [0.15, 0.2) is 108 Å². The molecular weight excluding hydrogens is 316 g/mol. The molecule has 0 atom stereocenters.